The number of hydrogen-bond acceptors (Lipinski definition) is 7. The van der Waals surface area contributed by atoms with Gasteiger partial charge in [0.05, 0.1) is 29.1 Å². The topological polar surface area (TPSA) is 84.4 Å². The standard InChI is InChI=1S/C40H49Cl3N4O5/c1-25-18-34(42)37(35(43)19-25)51-30-12-15-45(23-30)36-11-7-27(21-44-36)31-13-16-46(39(49)52-40(2,3)4)24-32(31)38(48)47(29-8-9-29)22-28-20-26(14-17-50-5)6-10-33(28)41/h6-7,10-11,18-21,29-32H,8-9,12-17,22-24H2,1-5H3/t30-,31+,32-/m1/s1. The quantitative estimate of drug-likeness (QED) is 0.193. The average molecular weight is 772 g/mol. The van der Waals surface area contributed by atoms with Crippen molar-refractivity contribution in [3.63, 3.8) is 0 Å². The minimum atomic E-state index is -0.643. The molecule has 0 unspecified atom stereocenters. The van der Waals surface area contributed by atoms with E-state index in [4.69, 9.17) is 54.0 Å². The zero-order valence-electron chi connectivity index (χ0n) is 30.7. The number of methoxy groups -OCH3 is 1. The second kappa shape index (κ2) is 16.4. The first kappa shape index (κ1) is 38.5. The summed E-state index contributed by atoms with van der Waals surface area (Å²) in [7, 11) is 1.69. The van der Waals surface area contributed by atoms with Crippen LogP contribution >= 0.6 is 34.8 Å². The molecular weight excluding hydrogens is 723 g/mol. The Morgan fingerprint density at radius 2 is 1.69 bits per heavy atom. The van der Waals surface area contributed by atoms with Crippen molar-refractivity contribution in [1.82, 2.24) is 14.8 Å². The van der Waals surface area contributed by atoms with E-state index in [1.807, 2.05) is 69.1 Å². The maximum atomic E-state index is 14.7. The molecular formula is C40H49Cl3N4O5. The Labute approximate surface area is 322 Å². The summed E-state index contributed by atoms with van der Waals surface area (Å²) in [4.78, 5) is 38.8. The van der Waals surface area contributed by atoms with Gasteiger partial charge in [0, 0.05) is 62.9 Å². The number of ether oxygens (including phenoxy) is 3. The fraction of sp³-hybridized carbons (Fsp3) is 0.525. The summed E-state index contributed by atoms with van der Waals surface area (Å²) in [5.74, 6) is 0.777. The van der Waals surface area contributed by atoms with E-state index in [1.165, 1.54) is 0 Å². The Bertz CT molecular complexity index is 1720. The molecule has 2 aliphatic heterocycles. The first-order valence-electron chi connectivity index (χ1n) is 18.2. The summed E-state index contributed by atoms with van der Waals surface area (Å²) >= 11 is 19.6. The molecule has 1 aliphatic carbocycles. The molecule has 52 heavy (non-hydrogen) atoms. The Morgan fingerprint density at radius 3 is 2.35 bits per heavy atom. The van der Waals surface area contributed by atoms with Crippen LogP contribution in [-0.2, 0) is 27.2 Å². The summed E-state index contributed by atoms with van der Waals surface area (Å²) < 4.78 is 17.3. The number of halogens is 3. The SMILES string of the molecule is COCCc1ccc(Cl)c(CN(C(=O)[C@@H]2CN(C(=O)OC(C)(C)C)CC[C@H]2c2ccc(N3CC[C@@H](Oc4c(Cl)cc(C)cc4Cl)C3)nc2)C2CC2)c1. The lowest BCUT2D eigenvalue weighted by molar-refractivity contribution is -0.139. The molecule has 0 bridgehead atoms. The third kappa shape index (κ3) is 9.46. The number of likely N-dealkylation sites (tertiary alicyclic amines) is 1. The van der Waals surface area contributed by atoms with Crippen molar-refractivity contribution in [1.29, 1.82) is 0 Å². The van der Waals surface area contributed by atoms with Crippen molar-refractivity contribution < 1.29 is 23.8 Å². The van der Waals surface area contributed by atoms with Crippen LogP contribution in [0.3, 0.4) is 0 Å². The van der Waals surface area contributed by atoms with Gasteiger partial charge in [-0.25, -0.2) is 9.78 Å². The zero-order valence-corrected chi connectivity index (χ0v) is 32.9. The summed E-state index contributed by atoms with van der Waals surface area (Å²) in [5.41, 5.74) is 3.34. The van der Waals surface area contributed by atoms with Gasteiger partial charge in [-0.3, -0.25) is 4.79 Å². The van der Waals surface area contributed by atoms with Crippen molar-refractivity contribution >= 4 is 52.6 Å². The molecule has 0 radical (unpaired) electrons. The lowest BCUT2D eigenvalue weighted by Crippen LogP contribution is -2.51. The highest BCUT2D eigenvalue weighted by molar-refractivity contribution is 6.37. The Balaban J connectivity index is 1.20. The number of carbonyl (C=O) groups is 2. The summed E-state index contributed by atoms with van der Waals surface area (Å²) in [6, 6.07) is 13.9. The highest BCUT2D eigenvalue weighted by atomic mass is 35.5. The smallest absolute Gasteiger partial charge is 0.410 e. The molecule has 3 atom stereocenters. The van der Waals surface area contributed by atoms with E-state index in [2.05, 4.69) is 17.0 Å². The number of piperidine rings is 1. The molecule has 3 heterocycles. The normalized spacial score (nSPS) is 20.6. The van der Waals surface area contributed by atoms with E-state index in [-0.39, 0.29) is 30.5 Å². The van der Waals surface area contributed by atoms with Crippen LogP contribution in [0.25, 0.3) is 0 Å². The Kier molecular flexibility index (Phi) is 12.1. The van der Waals surface area contributed by atoms with Crippen LogP contribution in [0.4, 0.5) is 10.6 Å². The Hall–Kier alpha value is -3.24. The van der Waals surface area contributed by atoms with Gasteiger partial charge in [0.15, 0.2) is 5.75 Å². The number of hydrogen-bond donors (Lipinski definition) is 0. The van der Waals surface area contributed by atoms with Gasteiger partial charge in [0.1, 0.15) is 17.5 Å². The predicted octanol–water partition coefficient (Wildman–Crippen LogP) is 8.73. The zero-order chi connectivity index (χ0) is 37.2. The van der Waals surface area contributed by atoms with Gasteiger partial charge in [-0.1, -0.05) is 53.0 Å². The maximum absolute atomic E-state index is 14.7. The second-order valence-electron chi connectivity index (χ2n) is 15.3. The molecule has 1 aromatic heterocycles. The molecule has 2 saturated heterocycles. The van der Waals surface area contributed by atoms with Crippen molar-refractivity contribution in [2.24, 2.45) is 5.92 Å². The average Bonchev–Trinajstić information content (AvgIpc) is 3.84. The number of anilines is 1. The number of rotatable bonds is 11. The van der Waals surface area contributed by atoms with Crippen molar-refractivity contribution in [2.45, 2.75) is 90.0 Å². The van der Waals surface area contributed by atoms with E-state index in [0.29, 0.717) is 53.5 Å². The van der Waals surface area contributed by atoms with Gasteiger partial charge in [0.2, 0.25) is 5.91 Å². The van der Waals surface area contributed by atoms with Crippen LogP contribution in [0.2, 0.25) is 15.1 Å². The van der Waals surface area contributed by atoms with E-state index in [9.17, 15) is 9.59 Å². The molecule has 9 nitrogen and oxygen atoms in total. The number of amides is 2. The maximum Gasteiger partial charge on any atom is 0.410 e. The lowest BCUT2D eigenvalue weighted by atomic mass is 9.80. The molecule has 0 N–H and O–H groups in total. The molecule has 0 spiro atoms. The first-order chi connectivity index (χ1) is 24.8. The van der Waals surface area contributed by atoms with Crippen molar-refractivity contribution in [3.05, 3.63) is 86.0 Å². The van der Waals surface area contributed by atoms with Crippen LogP contribution in [0.15, 0.2) is 48.7 Å². The highest BCUT2D eigenvalue weighted by Gasteiger charge is 2.43. The van der Waals surface area contributed by atoms with Crippen LogP contribution in [-0.4, -0.2) is 84.4 Å². The second-order valence-corrected chi connectivity index (χ2v) is 16.5. The molecule has 3 aliphatic rings. The first-order valence-corrected chi connectivity index (χ1v) is 19.3. The molecule has 3 fully saturated rings. The highest BCUT2D eigenvalue weighted by Crippen LogP contribution is 2.40. The van der Waals surface area contributed by atoms with Crippen LogP contribution in [0.1, 0.15) is 74.6 Å². The molecule has 2 aromatic carbocycles. The number of carbonyl (C=O) groups excluding carboxylic acids is 2. The third-order valence-corrected chi connectivity index (χ3v) is 10.9. The van der Waals surface area contributed by atoms with E-state index in [0.717, 1.165) is 60.3 Å². The molecule has 1 saturated carbocycles. The monoisotopic (exact) mass is 770 g/mol. The fourth-order valence-corrected chi connectivity index (χ4v) is 8.05. The molecule has 12 heteroatoms. The molecule has 3 aromatic rings. The van der Waals surface area contributed by atoms with E-state index < -0.39 is 17.6 Å². The van der Waals surface area contributed by atoms with Gasteiger partial charge in [-0.15, -0.1) is 0 Å². The lowest BCUT2D eigenvalue weighted by Gasteiger charge is -2.40. The number of aryl methyl sites for hydroxylation is 1. The van der Waals surface area contributed by atoms with Crippen LogP contribution < -0.4 is 9.64 Å². The van der Waals surface area contributed by atoms with Crippen molar-refractivity contribution in [3.8, 4) is 5.75 Å². The van der Waals surface area contributed by atoms with Gasteiger partial charge in [-0.2, -0.15) is 0 Å². The minimum Gasteiger partial charge on any atom is -0.485 e. The number of nitrogens with zero attached hydrogens (tertiary/aromatic N) is 4. The van der Waals surface area contributed by atoms with E-state index in [1.54, 1.807) is 12.0 Å². The predicted molar refractivity (Wildman–Crippen MR) is 206 cm³/mol. The third-order valence-electron chi connectivity index (χ3n) is 9.99. The van der Waals surface area contributed by atoms with Crippen LogP contribution in [0, 0.1) is 12.8 Å². The molecule has 6 rings (SSSR count). The van der Waals surface area contributed by atoms with Gasteiger partial charge < -0.3 is 28.9 Å². The van der Waals surface area contributed by atoms with Gasteiger partial charge >= 0.3 is 6.09 Å². The summed E-state index contributed by atoms with van der Waals surface area (Å²) in [6.45, 7) is 10.7. The molecule has 280 valence electrons. The summed E-state index contributed by atoms with van der Waals surface area (Å²) in [6.07, 6.45) is 5.47. The van der Waals surface area contributed by atoms with Crippen molar-refractivity contribution in [2.75, 3.05) is 44.8 Å². The number of aromatic nitrogens is 1. The van der Waals surface area contributed by atoms with Gasteiger partial charge in [0.25, 0.3) is 0 Å². The number of benzene rings is 2. The summed E-state index contributed by atoms with van der Waals surface area (Å²) in [5, 5.41) is 1.65. The van der Waals surface area contributed by atoms with Crippen LogP contribution in [0.5, 0.6) is 5.75 Å². The fourth-order valence-electron chi connectivity index (χ4n) is 7.19. The largest absolute Gasteiger partial charge is 0.485 e. The Morgan fingerprint density at radius 1 is 0.942 bits per heavy atom. The van der Waals surface area contributed by atoms with E-state index >= 15 is 0 Å². The number of pyridine rings is 1. The minimum absolute atomic E-state index is 0.0242. The molecule has 2 amide bonds. The van der Waals surface area contributed by atoms with Gasteiger partial charge in [-0.05, 0) is 99.9 Å².